The molecule has 1 amide bonds. The second-order valence-corrected chi connectivity index (χ2v) is 5.89. The van der Waals surface area contributed by atoms with Crippen LogP contribution in [0.3, 0.4) is 0 Å². The zero-order valence-corrected chi connectivity index (χ0v) is 13.9. The Morgan fingerprint density at radius 1 is 1.25 bits per heavy atom. The van der Waals surface area contributed by atoms with Crippen LogP contribution >= 0.6 is 11.6 Å². The minimum Gasteiger partial charge on any atom is -0.343 e. The summed E-state index contributed by atoms with van der Waals surface area (Å²) < 4.78 is 0. The van der Waals surface area contributed by atoms with Crippen LogP contribution in [0.1, 0.15) is 27.9 Å². The molecule has 2 aromatic carbocycles. The van der Waals surface area contributed by atoms with E-state index in [4.69, 9.17) is 17.3 Å². The highest BCUT2D eigenvalue weighted by Gasteiger charge is 2.18. The third-order valence-electron chi connectivity index (χ3n) is 3.80. The van der Waals surface area contributed by atoms with Crippen LogP contribution in [0, 0.1) is 6.92 Å². The minimum absolute atomic E-state index is 0.156. The molecule has 0 bridgehead atoms. The van der Waals surface area contributed by atoms with Crippen molar-refractivity contribution in [3.8, 4) is 0 Å². The Balaban J connectivity index is 1.87. The van der Waals surface area contributed by atoms with Gasteiger partial charge in [-0.1, -0.05) is 48.0 Å². The van der Waals surface area contributed by atoms with Crippen LogP contribution in [0.2, 0.25) is 5.02 Å². The molecule has 0 aliphatic rings. The number of nitrogens with two attached hydrogens (primary N) is 1. The first-order chi connectivity index (χ1) is 11.6. The van der Waals surface area contributed by atoms with Gasteiger partial charge in [0.15, 0.2) is 0 Å². The largest absolute Gasteiger partial charge is 0.343 e. The average Bonchev–Trinajstić information content (AvgIpc) is 2.61. The fourth-order valence-corrected chi connectivity index (χ4v) is 2.72. The maximum Gasteiger partial charge on any atom is 0.272 e. The highest BCUT2D eigenvalue weighted by Crippen LogP contribution is 2.21. The molecule has 3 N–H and O–H groups in total. The van der Waals surface area contributed by atoms with Gasteiger partial charge < -0.3 is 11.1 Å². The molecule has 1 atom stereocenters. The summed E-state index contributed by atoms with van der Waals surface area (Å²) in [6.45, 7) is 1.97. The predicted octanol–water partition coefficient (Wildman–Crippen LogP) is 3.02. The molecule has 0 radical (unpaired) electrons. The number of nitrogens with zero attached hydrogens (tertiary/aromatic N) is 2. The van der Waals surface area contributed by atoms with Crippen LogP contribution in [-0.4, -0.2) is 22.4 Å². The van der Waals surface area contributed by atoms with Crippen molar-refractivity contribution < 1.29 is 4.79 Å². The van der Waals surface area contributed by atoms with Crippen molar-refractivity contribution in [3.63, 3.8) is 0 Å². The first kappa shape index (κ1) is 16.4. The van der Waals surface area contributed by atoms with E-state index in [1.165, 1.54) is 6.20 Å². The van der Waals surface area contributed by atoms with E-state index in [2.05, 4.69) is 15.3 Å². The zero-order chi connectivity index (χ0) is 17.1. The number of halogens is 1. The maximum absolute atomic E-state index is 12.5. The summed E-state index contributed by atoms with van der Waals surface area (Å²) in [6.07, 6.45) is 1.42. The maximum atomic E-state index is 12.5. The van der Waals surface area contributed by atoms with Gasteiger partial charge >= 0.3 is 0 Å². The van der Waals surface area contributed by atoms with Crippen molar-refractivity contribution in [1.29, 1.82) is 0 Å². The lowest BCUT2D eigenvalue weighted by Crippen LogP contribution is -2.34. The number of benzene rings is 2. The van der Waals surface area contributed by atoms with Crippen LogP contribution in [0.5, 0.6) is 0 Å². The number of hydrogen-bond donors (Lipinski definition) is 2. The molecular weight excluding hydrogens is 324 g/mol. The van der Waals surface area contributed by atoms with E-state index in [0.29, 0.717) is 5.82 Å². The molecule has 0 fully saturated rings. The Morgan fingerprint density at radius 3 is 2.75 bits per heavy atom. The highest BCUT2D eigenvalue weighted by molar-refractivity contribution is 6.33. The standard InChI is InChI=1S/C18H17ClN4O/c1-11-21-10-15(19)17(22-11)18(24)23-16(9-20)14-7-6-12-4-2-3-5-13(12)8-14/h2-8,10,16H,9,20H2,1H3,(H,23,24)/t16-/m0/s1. The minimum atomic E-state index is -0.367. The fraction of sp³-hybridized carbons (Fsp3) is 0.167. The Kier molecular flexibility index (Phi) is 4.74. The molecule has 3 rings (SSSR count). The zero-order valence-electron chi connectivity index (χ0n) is 13.2. The lowest BCUT2D eigenvalue weighted by Gasteiger charge is -2.18. The molecule has 0 saturated heterocycles. The summed E-state index contributed by atoms with van der Waals surface area (Å²) in [4.78, 5) is 20.6. The third kappa shape index (κ3) is 3.37. The molecule has 0 aliphatic carbocycles. The summed E-state index contributed by atoms with van der Waals surface area (Å²) in [5.74, 6) is 0.119. The molecule has 5 nitrogen and oxygen atoms in total. The van der Waals surface area contributed by atoms with Crippen molar-refractivity contribution in [2.75, 3.05) is 6.54 Å². The number of aryl methyl sites for hydroxylation is 1. The van der Waals surface area contributed by atoms with E-state index < -0.39 is 0 Å². The van der Waals surface area contributed by atoms with Gasteiger partial charge in [-0.3, -0.25) is 4.79 Å². The number of carbonyl (C=O) groups is 1. The third-order valence-corrected chi connectivity index (χ3v) is 4.07. The molecule has 0 spiro atoms. The SMILES string of the molecule is Cc1ncc(Cl)c(C(=O)N[C@@H](CN)c2ccc3ccccc3c2)n1. The number of fused-ring (bicyclic) bond motifs is 1. The molecule has 122 valence electrons. The lowest BCUT2D eigenvalue weighted by atomic mass is 10.0. The number of carbonyl (C=O) groups excluding carboxylic acids is 1. The van der Waals surface area contributed by atoms with Gasteiger partial charge in [0, 0.05) is 6.54 Å². The van der Waals surface area contributed by atoms with E-state index in [0.717, 1.165) is 16.3 Å². The summed E-state index contributed by atoms with van der Waals surface area (Å²) in [7, 11) is 0. The Labute approximate surface area is 144 Å². The highest BCUT2D eigenvalue weighted by atomic mass is 35.5. The molecule has 0 saturated carbocycles. The van der Waals surface area contributed by atoms with Crippen molar-refractivity contribution in [2.24, 2.45) is 5.73 Å². The Hall–Kier alpha value is -2.50. The van der Waals surface area contributed by atoms with Gasteiger partial charge in [-0.05, 0) is 29.3 Å². The van der Waals surface area contributed by atoms with Crippen molar-refractivity contribution in [3.05, 3.63) is 70.8 Å². The van der Waals surface area contributed by atoms with Crippen molar-refractivity contribution in [1.82, 2.24) is 15.3 Å². The second-order valence-electron chi connectivity index (χ2n) is 5.48. The smallest absolute Gasteiger partial charge is 0.272 e. The molecular formula is C18H17ClN4O. The van der Waals surface area contributed by atoms with Crippen LogP contribution in [0.25, 0.3) is 10.8 Å². The average molecular weight is 341 g/mol. The quantitative estimate of drug-likeness (QED) is 0.765. The Bertz CT molecular complexity index is 897. The van der Waals surface area contributed by atoms with E-state index in [1.807, 2.05) is 42.5 Å². The van der Waals surface area contributed by atoms with Crippen molar-refractivity contribution in [2.45, 2.75) is 13.0 Å². The van der Waals surface area contributed by atoms with Gasteiger partial charge in [-0.25, -0.2) is 9.97 Å². The second kappa shape index (κ2) is 6.95. The number of amides is 1. The van der Waals surface area contributed by atoms with Crippen molar-refractivity contribution >= 4 is 28.3 Å². The van der Waals surface area contributed by atoms with Gasteiger partial charge in [-0.15, -0.1) is 0 Å². The molecule has 6 heteroatoms. The van der Waals surface area contributed by atoms with Crippen LogP contribution < -0.4 is 11.1 Å². The Morgan fingerprint density at radius 2 is 2.00 bits per heavy atom. The molecule has 3 aromatic rings. The van der Waals surface area contributed by atoms with Gasteiger partial charge in [0.05, 0.1) is 17.3 Å². The summed E-state index contributed by atoms with van der Waals surface area (Å²) >= 11 is 6.02. The van der Waals surface area contributed by atoms with Crippen LogP contribution in [0.4, 0.5) is 0 Å². The molecule has 0 unspecified atom stereocenters. The lowest BCUT2D eigenvalue weighted by molar-refractivity contribution is 0.0932. The van der Waals surface area contributed by atoms with E-state index in [-0.39, 0.29) is 29.2 Å². The number of hydrogen-bond acceptors (Lipinski definition) is 4. The van der Waals surface area contributed by atoms with Gasteiger partial charge in [0.25, 0.3) is 5.91 Å². The summed E-state index contributed by atoms with van der Waals surface area (Å²) in [5.41, 5.74) is 6.96. The molecule has 1 aromatic heterocycles. The number of nitrogens with one attached hydrogen (secondary N) is 1. The van der Waals surface area contributed by atoms with Crippen LogP contribution in [-0.2, 0) is 0 Å². The topological polar surface area (TPSA) is 80.9 Å². The summed E-state index contributed by atoms with van der Waals surface area (Å²) in [5, 5.41) is 5.34. The first-order valence-corrected chi connectivity index (χ1v) is 7.95. The van der Waals surface area contributed by atoms with E-state index in [1.54, 1.807) is 6.92 Å². The molecule has 0 aliphatic heterocycles. The van der Waals surface area contributed by atoms with Gasteiger partial charge in [0.2, 0.25) is 0 Å². The molecule has 24 heavy (non-hydrogen) atoms. The van der Waals surface area contributed by atoms with Gasteiger partial charge in [-0.2, -0.15) is 0 Å². The van der Waals surface area contributed by atoms with Gasteiger partial charge in [0.1, 0.15) is 11.5 Å². The fourth-order valence-electron chi connectivity index (χ4n) is 2.54. The number of aromatic nitrogens is 2. The van der Waals surface area contributed by atoms with E-state index in [9.17, 15) is 4.79 Å². The monoisotopic (exact) mass is 340 g/mol. The predicted molar refractivity (Wildman–Crippen MR) is 95.0 cm³/mol. The summed E-state index contributed by atoms with van der Waals surface area (Å²) in [6, 6.07) is 13.7. The number of rotatable bonds is 4. The van der Waals surface area contributed by atoms with Crippen LogP contribution in [0.15, 0.2) is 48.7 Å². The molecule has 1 heterocycles. The van der Waals surface area contributed by atoms with E-state index >= 15 is 0 Å². The first-order valence-electron chi connectivity index (χ1n) is 7.57. The normalized spacial score (nSPS) is 12.1.